The number of hydrogen-bond donors (Lipinski definition) is 1. The zero-order chi connectivity index (χ0) is 16.2. The molecule has 0 atom stereocenters. The first kappa shape index (κ1) is 17.0. The molecule has 0 saturated carbocycles. The summed E-state index contributed by atoms with van der Waals surface area (Å²) in [6.07, 6.45) is 1.27. The summed E-state index contributed by atoms with van der Waals surface area (Å²) in [5.74, 6) is 2.21. The highest BCUT2D eigenvalue weighted by Crippen LogP contribution is 2.43. The number of hydrogen-bond acceptors (Lipinski definition) is 3. The van der Waals surface area contributed by atoms with Crippen molar-refractivity contribution in [3.05, 3.63) is 63.6 Å². The molecule has 1 heterocycles. The molecule has 6 heteroatoms. The lowest BCUT2D eigenvalue weighted by atomic mass is 10.1. The van der Waals surface area contributed by atoms with Gasteiger partial charge in [0.25, 0.3) is 5.91 Å². The molecule has 1 fully saturated rings. The number of anilines is 1. The van der Waals surface area contributed by atoms with Gasteiger partial charge in [-0.25, -0.2) is 0 Å². The lowest BCUT2D eigenvalue weighted by Gasteiger charge is -2.21. The molecule has 0 aromatic heterocycles. The molecule has 0 bridgehead atoms. The number of thioether (sulfide) groups is 2. The van der Waals surface area contributed by atoms with Crippen molar-refractivity contribution >= 4 is 58.3 Å². The first-order chi connectivity index (χ1) is 11.1. The lowest BCUT2D eigenvalue weighted by Crippen LogP contribution is -2.12. The van der Waals surface area contributed by atoms with Gasteiger partial charge in [0.1, 0.15) is 0 Å². The minimum absolute atomic E-state index is 0.190. The van der Waals surface area contributed by atoms with E-state index < -0.39 is 0 Å². The molecular weight excluding hydrogens is 369 g/mol. The predicted molar refractivity (Wildman–Crippen MR) is 103 cm³/mol. The van der Waals surface area contributed by atoms with Gasteiger partial charge in [0, 0.05) is 5.56 Å². The van der Waals surface area contributed by atoms with Gasteiger partial charge >= 0.3 is 0 Å². The number of rotatable bonds is 3. The smallest absolute Gasteiger partial charge is 0.255 e. The largest absolute Gasteiger partial charge is 0.321 e. The topological polar surface area (TPSA) is 29.1 Å². The Morgan fingerprint density at radius 1 is 1.04 bits per heavy atom. The number of carbonyl (C=O) groups is 1. The van der Waals surface area contributed by atoms with E-state index in [1.807, 2.05) is 47.8 Å². The van der Waals surface area contributed by atoms with Crippen molar-refractivity contribution in [3.8, 4) is 0 Å². The molecule has 2 aromatic rings. The van der Waals surface area contributed by atoms with Crippen LogP contribution in [0.25, 0.3) is 0 Å². The van der Waals surface area contributed by atoms with E-state index in [9.17, 15) is 4.79 Å². The van der Waals surface area contributed by atoms with Gasteiger partial charge in [0.15, 0.2) is 0 Å². The van der Waals surface area contributed by atoms with Crippen LogP contribution in [-0.2, 0) is 0 Å². The molecule has 120 valence electrons. The van der Waals surface area contributed by atoms with Gasteiger partial charge in [-0.3, -0.25) is 4.79 Å². The Bertz CT molecular complexity index is 700. The second-order valence-electron chi connectivity index (χ2n) is 5.10. The van der Waals surface area contributed by atoms with Crippen molar-refractivity contribution in [1.82, 2.24) is 0 Å². The predicted octanol–water partition coefficient (Wildman–Crippen LogP) is 6.11. The second-order valence-corrected chi connectivity index (χ2v) is 8.61. The number of benzene rings is 2. The quantitative estimate of drug-likeness (QED) is 0.692. The average molecular weight is 384 g/mol. The van der Waals surface area contributed by atoms with Gasteiger partial charge < -0.3 is 5.32 Å². The van der Waals surface area contributed by atoms with E-state index in [0.717, 1.165) is 0 Å². The number of halogens is 2. The van der Waals surface area contributed by atoms with Gasteiger partial charge in [-0.05, 0) is 47.8 Å². The van der Waals surface area contributed by atoms with Gasteiger partial charge in [-0.15, -0.1) is 23.5 Å². The summed E-state index contributed by atoms with van der Waals surface area (Å²) < 4.78 is 0.475. The summed E-state index contributed by atoms with van der Waals surface area (Å²) in [4.78, 5) is 12.3. The van der Waals surface area contributed by atoms with Crippen molar-refractivity contribution in [1.29, 1.82) is 0 Å². The van der Waals surface area contributed by atoms with Crippen LogP contribution in [0, 0.1) is 0 Å². The average Bonchev–Trinajstić information content (AvgIpc) is 2.60. The first-order valence-corrected chi connectivity index (χ1v) is 10.1. The van der Waals surface area contributed by atoms with Crippen LogP contribution in [0.1, 0.15) is 26.9 Å². The Kier molecular flexibility index (Phi) is 5.81. The number of amides is 1. The van der Waals surface area contributed by atoms with Crippen LogP contribution < -0.4 is 5.32 Å². The summed E-state index contributed by atoms with van der Waals surface area (Å²) in [5.41, 5.74) is 2.39. The molecule has 1 amide bonds. The molecular formula is C17H15Cl2NOS2. The monoisotopic (exact) mass is 383 g/mol. The Balaban J connectivity index is 1.71. The molecule has 0 spiro atoms. The molecule has 0 radical (unpaired) electrons. The molecule has 2 aromatic carbocycles. The molecule has 3 rings (SSSR count). The summed E-state index contributed by atoms with van der Waals surface area (Å²) in [6, 6.07) is 13.0. The fourth-order valence-corrected chi connectivity index (χ4v) is 5.51. The third kappa shape index (κ3) is 4.18. The van der Waals surface area contributed by atoms with Crippen LogP contribution in [0.5, 0.6) is 0 Å². The van der Waals surface area contributed by atoms with Gasteiger partial charge in [-0.2, -0.15) is 0 Å². The second kappa shape index (κ2) is 7.84. The highest BCUT2D eigenvalue weighted by molar-refractivity contribution is 8.16. The van der Waals surface area contributed by atoms with Crippen molar-refractivity contribution in [3.63, 3.8) is 0 Å². The van der Waals surface area contributed by atoms with Gasteiger partial charge in [0.05, 0.1) is 20.3 Å². The van der Waals surface area contributed by atoms with Crippen LogP contribution >= 0.6 is 46.7 Å². The fourth-order valence-electron chi connectivity index (χ4n) is 2.27. The minimum atomic E-state index is -0.190. The minimum Gasteiger partial charge on any atom is -0.321 e. The zero-order valence-electron chi connectivity index (χ0n) is 12.2. The van der Waals surface area contributed by atoms with Gasteiger partial charge in [-0.1, -0.05) is 41.4 Å². The Labute approximate surface area is 154 Å². The van der Waals surface area contributed by atoms with E-state index in [2.05, 4.69) is 5.32 Å². The van der Waals surface area contributed by atoms with Crippen LogP contribution in [0.3, 0.4) is 0 Å². The van der Waals surface area contributed by atoms with E-state index in [1.54, 1.807) is 18.2 Å². The highest BCUT2D eigenvalue weighted by Gasteiger charge is 2.17. The molecule has 1 N–H and O–H groups in total. The van der Waals surface area contributed by atoms with E-state index in [-0.39, 0.29) is 5.91 Å². The summed E-state index contributed by atoms with van der Waals surface area (Å²) in [7, 11) is 0. The molecule has 1 saturated heterocycles. The lowest BCUT2D eigenvalue weighted by molar-refractivity contribution is 0.102. The third-order valence-electron chi connectivity index (χ3n) is 3.47. The van der Waals surface area contributed by atoms with E-state index in [1.165, 1.54) is 23.5 Å². The zero-order valence-corrected chi connectivity index (χ0v) is 15.4. The first-order valence-electron chi connectivity index (χ1n) is 7.23. The Morgan fingerprint density at radius 3 is 2.43 bits per heavy atom. The molecule has 1 aliphatic heterocycles. The summed E-state index contributed by atoms with van der Waals surface area (Å²) in [6.45, 7) is 0. The molecule has 0 aliphatic carbocycles. The van der Waals surface area contributed by atoms with Crippen molar-refractivity contribution in [2.45, 2.75) is 11.0 Å². The number of nitrogens with one attached hydrogen (secondary N) is 1. The Hall–Kier alpha value is -0.810. The maximum atomic E-state index is 12.3. The SMILES string of the molecule is O=C(Nc1cccc(Cl)c1Cl)c1ccc(C2SCCCS2)cc1. The summed E-state index contributed by atoms with van der Waals surface area (Å²) in [5, 5.41) is 3.58. The van der Waals surface area contributed by atoms with Crippen LogP contribution in [-0.4, -0.2) is 17.4 Å². The van der Waals surface area contributed by atoms with Crippen LogP contribution in [0.15, 0.2) is 42.5 Å². The Morgan fingerprint density at radius 2 is 1.74 bits per heavy atom. The number of carbonyl (C=O) groups excluding carboxylic acids is 1. The van der Waals surface area contributed by atoms with E-state index in [0.29, 0.717) is 25.9 Å². The van der Waals surface area contributed by atoms with Crippen LogP contribution in [0.4, 0.5) is 5.69 Å². The molecule has 23 heavy (non-hydrogen) atoms. The van der Waals surface area contributed by atoms with Crippen molar-refractivity contribution < 1.29 is 4.79 Å². The summed E-state index contributed by atoms with van der Waals surface area (Å²) >= 11 is 16.0. The van der Waals surface area contributed by atoms with Crippen molar-refractivity contribution in [2.75, 3.05) is 16.8 Å². The van der Waals surface area contributed by atoms with Crippen molar-refractivity contribution in [2.24, 2.45) is 0 Å². The molecule has 2 nitrogen and oxygen atoms in total. The fraction of sp³-hybridized carbons (Fsp3) is 0.235. The normalized spacial score (nSPS) is 15.4. The third-order valence-corrected chi connectivity index (χ3v) is 7.31. The van der Waals surface area contributed by atoms with Gasteiger partial charge in [0.2, 0.25) is 0 Å². The highest BCUT2D eigenvalue weighted by atomic mass is 35.5. The maximum Gasteiger partial charge on any atom is 0.255 e. The maximum absolute atomic E-state index is 12.3. The van der Waals surface area contributed by atoms with E-state index in [4.69, 9.17) is 23.2 Å². The van der Waals surface area contributed by atoms with Crippen LogP contribution in [0.2, 0.25) is 10.0 Å². The standard InChI is InChI=1S/C17H15Cl2NOS2/c18-13-3-1-4-14(15(13)19)20-16(21)11-5-7-12(8-6-11)17-22-9-2-10-23-17/h1,3-8,17H,2,9-10H2,(H,20,21). The van der Waals surface area contributed by atoms with E-state index >= 15 is 0 Å². The molecule has 1 aliphatic rings. The molecule has 0 unspecified atom stereocenters.